The minimum Gasteiger partial charge on any atom is -0.361 e. The lowest BCUT2D eigenvalue weighted by atomic mass is 10.1. The second-order valence-electron chi connectivity index (χ2n) is 7.70. The van der Waals surface area contributed by atoms with E-state index in [0.29, 0.717) is 0 Å². The highest BCUT2D eigenvalue weighted by Crippen LogP contribution is 2.34. The number of fused-ring (bicyclic) bond motifs is 1. The van der Waals surface area contributed by atoms with Crippen LogP contribution in [0.4, 0.5) is 0 Å². The third kappa shape index (κ3) is 3.28. The Balaban J connectivity index is 1.75. The number of aryl methyl sites for hydroxylation is 3. The van der Waals surface area contributed by atoms with E-state index in [4.69, 9.17) is 14.5 Å². The molecule has 0 bridgehead atoms. The number of hydrogen-bond donors (Lipinski definition) is 0. The molecule has 0 aliphatic heterocycles. The Kier molecular flexibility index (Phi) is 4.58. The zero-order valence-corrected chi connectivity index (χ0v) is 17.9. The van der Waals surface area contributed by atoms with Crippen LogP contribution in [0.25, 0.3) is 33.5 Å². The normalized spacial score (nSPS) is 12.4. The molecule has 5 aromatic rings. The number of hydrogen-bond acceptors (Lipinski definition) is 6. The van der Waals surface area contributed by atoms with Gasteiger partial charge in [0.15, 0.2) is 5.65 Å². The van der Waals surface area contributed by atoms with Crippen LogP contribution >= 0.6 is 0 Å². The first-order valence-electron chi connectivity index (χ1n) is 10.2. The van der Waals surface area contributed by atoms with E-state index < -0.39 is 0 Å². The van der Waals surface area contributed by atoms with Gasteiger partial charge < -0.3 is 9.09 Å². The Morgan fingerprint density at radius 1 is 0.968 bits per heavy atom. The van der Waals surface area contributed by atoms with E-state index in [1.54, 1.807) is 6.20 Å². The molecule has 0 aliphatic carbocycles. The van der Waals surface area contributed by atoms with Gasteiger partial charge in [0.25, 0.3) is 0 Å². The molecule has 7 heteroatoms. The number of pyridine rings is 2. The second kappa shape index (κ2) is 7.43. The number of aromatic nitrogens is 6. The maximum absolute atomic E-state index is 5.35. The summed E-state index contributed by atoms with van der Waals surface area (Å²) >= 11 is 0. The fraction of sp³-hybridized carbons (Fsp3) is 0.208. The predicted molar refractivity (Wildman–Crippen MR) is 119 cm³/mol. The van der Waals surface area contributed by atoms with Crippen LogP contribution in [0.2, 0.25) is 0 Å². The summed E-state index contributed by atoms with van der Waals surface area (Å²) < 4.78 is 7.48. The summed E-state index contributed by atoms with van der Waals surface area (Å²) in [6.45, 7) is 7.89. The van der Waals surface area contributed by atoms with E-state index in [2.05, 4.69) is 38.9 Å². The fourth-order valence-electron chi connectivity index (χ4n) is 3.88. The third-order valence-corrected chi connectivity index (χ3v) is 5.57. The minimum absolute atomic E-state index is 0.0231. The molecule has 7 nitrogen and oxygen atoms in total. The van der Waals surface area contributed by atoms with Crippen molar-refractivity contribution in [2.45, 2.75) is 33.7 Å². The van der Waals surface area contributed by atoms with Crippen molar-refractivity contribution in [3.63, 3.8) is 0 Å². The van der Waals surface area contributed by atoms with Crippen molar-refractivity contribution in [2.75, 3.05) is 0 Å². The van der Waals surface area contributed by atoms with E-state index >= 15 is 0 Å². The van der Waals surface area contributed by atoms with Gasteiger partial charge in [0.2, 0.25) is 0 Å². The molecule has 0 saturated carbocycles. The molecule has 0 aromatic carbocycles. The van der Waals surface area contributed by atoms with Gasteiger partial charge in [-0.3, -0.25) is 9.97 Å². The first kappa shape index (κ1) is 19.1. The van der Waals surface area contributed by atoms with Gasteiger partial charge in [-0.1, -0.05) is 17.3 Å². The number of nitrogens with zero attached hydrogens (tertiary/aromatic N) is 6. The van der Waals surface area contributed by atoms with Crippen molar-refractivity contribution < 1.29 is 4.52 Å². The minimum atomic E-state index is -0.0231. The highest BCUT2D eigenvalue weighted by atomic mass is 16.5. The summed E-state index contributed by atoms with van der Waals surface area (Å²) in [5.74, 6) is 0.727. The first-order chi connectivity index (χ1) is 15.0. The van der Waals surface area contributed by atoms with Crippen LogP contribution in [-0.4, -0.2) is 29.7 Å². The zero-order chi connectivity index (χ0) is 21.5. The molecule has 154 valence electrons. The van der Waals surface area contributed by atoms with Gasteiger partial charge in [-0.2, -0.15) is 0 Å². The van der Waals surface area contributed by atoms with Crippen LogP contribution < -0.4 is 0 Å². The molecule has 5 rings (SSSR count). The molecule has 0 fully saturated rings. The quantitative estimate of drug-likeness (QED) is 0.411. The maximum atomic E-state index is 5.35. The summed E-state index contributed by atoms with van der Waals surface area (Å²) in [6.07, 6.45) is 7.57. The summed E-state index contributed by atoms with van der Waals surface area (Å²) in [7, 11) is 0. The summed E-state index contributed by atoms with van der Waals surface area (Å²) in [6, 6.07) is 9.99. The molecule has 0 radical (unpaired) electrons. The van der Waals surface area contributed by atoms with E-state index in [9.17, 15) is 0 Å². The van der Waals surface area contributed by atoms with E-state index in [1.807, 2.05) is 57.4 Å². The van der Waals surface area contributed by atoms with Gasteiger partial charge in [-0.15, -0.1) is 0 Å². The van der Waals surface area contributed by atoms with E-state index in [-0.39, 0.29) is 6.04 Å². The molecule has 0 unspecified atom stereocenters. The van der Waals surface area contributed by atoms with E-state index in [0.717, 1.165) is 56.4 Å². The highest BCUT2D eigenvalue weighted by Gasteiger charge is 2.21. The molecule has 31 heavy (non-hydrogen) atoms. The van der Waals surface area contributed by atoms with Crippen molar-refractivity contribution >= 4 is 11.2 Å². The third-order valence-electron chi connectivity index (χ3n) is 5.57. The molecule has 1 atom stereocenters. The summed E-state index contributed by atoms with van der Waals surface area (Å²) in [5.41, 5.74) is 7.94. The predicted octanol–water partition coefficient (Wildman–Crippen LogP) is 5.08. The van der Waals surface area contributed by atoms with Gasteiger partial charge >= 0.3 is 0 Å². The zero-order valence-electron chi connectivity index (χ0n) is 17.9. The van der Waals surface area contributed by atoms with Gasteiger partial charge in [0, 0.05) is 35.4 Å². The van der Waals surface area contributed by atoms with Crippen LogP contribution in [-0.2, 0) is 0 Å². The van der Waals surface area contributed by atoms with E-state index in [1.165, 1.54) is 0 Å². The Labute approximate surface area is 179 Å². The molecule has 0 aliphatic rings. The molecular formula is C24H22N6O. The SMILES string of the molecule is Cc1ccc(-c2cn([C@@H](C)c3ccccn3)c3nc(-c4c(C)noc4C)cnc23)cn1. The Morgan fingerprint density at radius 2 is 1.84 bits per heavy atom. The van der Waals surface area contributed by atoms with Crippen molar-refractivity contribution in [1.82, 2.24) is 29.7 Å². The Morgan fingerprint density at radius 3 is 2.52 bits per heavy atom. The standard InChI is InChI=1S/C24H22N6O/c1-14-8-9-18(11-26-14)19-13-30(16(3)20-7-5-6-10-25-20)24-23(19)27-12-21(28-24)22-15(2)29-31-17(22)4/h5-13,16H,1-4H3/t16-/m0/s1. The van der Waals surface area contributed by atoms with Crippen LogP contribution in [0.3, 0.4) is 0 Å². The summed E-state index contributed by atoms with van der Waals surface area (Å²) in [5, 5.41) is 4.07. The average molecular weight is 410 g/mol. The summed E-state index contributed by atoms with van der Waals surface area (Å²) in [4.78, 5) is 18.8. The Hall–Kier alpha value is -3.87. The molecule has 0 spiro atoms. The van der Waals surface area contributed by atoms with Crippen molar-refractivity contribution in [1.29, 1.82) is 0 Å². The lowest BCUT2D eigenvalue weighted by molar-refractivity contribution is 0.393. The van der Waals surface area contributed by atoms with Crippen LogP contribution in [0.1, 0.15) is 35.8 Å². The van der Waals surface area contributed by atoms with Gasteiger partial charge in [0.1, 0.15) is 11.3 Å². The fourth-order valence-corrected chi connectivity index (χ4v) is 3.88. The Bertz CT molecular complexity index is 1350. The van der Waals surface area contributed by atoms with Crippen LogP contribution in [0.15, 0.2) is 59.6 Å². The largest absolute Gasteiger partial charge is 0.361 e. The molecular weight excluding hydrogens is 388 g/mol. The lowest BCUT2D eigenvalue weighted by Gasteiger charge is -2.14. The molecule has 0 saturated heterocycles. The van der Waals surface area contributed by atoms with Crippen molar-refractivity contribution in [2.24, 2.45) is 0 Å². The molecule has 0 N–H and O–H groups in total. The first-order valence-corrected chi connectivity index (χ1v) is 10.2. The molecule has 5 aromatic heterocycles. The lowest BCUT2D eigenvalue weighted by Crippen LogP contribution is -2.08. The molecule has 0 amide bonds. The van der Waals surface area contributed by atoms with Crippen LogP contribution in [0, 0.1) is 20.8 Å². The monoisotopic (exact) mass is 410 g/mol. The molecule has 5 heterocycles. The average Bonchev–Trinajstić information content (AvgIpc) is 3.33. The van der Waals surface area contributed by atoms with Crippen LogP contribution in [0.5, 0.6) is 0 Å². The van der Waals surface area contributed by atoms with Gasteiger partial charge in [-0.25, -0.2) is 9.97 Å². The maximum Gasteiger partial charge on any atom is 0.160 e. The highest BCUT2D eigenvalue weighted by molar-refractivity contribution is 5.92. The van der Waals surface area contributed by atoms with Crippen molar-refractivity contribution in [3.05, 3.63) is 78.0 Å². The smallest absolute Gasteiger partial charge is 0.160 e. The van der Waals surface area contributed by atoms with Crippen molar-refractivity contribution in [3.8, 4) is 22.4 Å². The number of rotatable bonds is 4. The van der Waals surface area contributed by atoms with Gasteiger partial charge in [0.05, 0.1) is 34.9 Å². The topological polar surface area (TPSA) is 82.5 Å². The van der Waals surface area contributed by atoms with Gasteiger partial charge in [-0.05, 0) is 45.9 Å². The second-order valence-corrected chi connectivity index (χ2v) is 7.70.